The van der Waals surface area contributed by atoms with Crippen LogP contribution in [0, 0.1) is 17.5 Å². The number of hydrogen-bond donors (Lipinski definition) is 0. The Morgan fingerprint density at radius 1 is 0.947 bits per heavy atom. The first-order valence-corrected chi connectivity index (χ1v) is 6.37. The first kappa shape index (κ1) is 13.9. The molecule has 5 heteroatoms. The topological polar surface area (TPSA) is 9.23 Å². The fraction of sp³-hybridized carbons (Fsp3) is 0.143. The molecule has 0 fully saturated rings. The lowest BCUT2D eigenvalue weighted by atomic mass is 10.0. The van der Waals surface area contributed by atoms with E-state index in [1.54, 1.807) is 0 Å². The van der Waals surface area contributed by atoms with Crippen molar-refractivity contribution in [3.05, 3.63) is 65.0 Å². The maximum absolute atomic E-state index is 13.7. The Bertz CT molecular complexity index is 601. The quantitative estimate of drug-likeness (QED) is 0.747. The minimum absolute atomic E-state index is 0.213. The van der Waals surface area contributed by atoms with Crippen molar-refractivity contribution < 1.29 is 17.9 Å². The third-order valence-electron chi connectivity index (χ3n) is 2.70. The summed E-state index contributed by atoms with van der Waals surface area (Å²) >= 11 is 3.29. The summed E-state index contributed by atoms with van der Waals surface area (Å²) in [5.41, 5.74) is 0.651. The van der Waals surface area contributed by atoms with Crippen molar-refractivity contribution in [2.75, 3.05) is 7.11 Å². The van der Waals surface area contributed by atoms with Gasteiger partial charge < -0.3 is 4.74 Å². The molecule has 0 bridgehead atoms. The summed E-state index contributed by atoms with van der Waals surface area (Å²) < 4.78 is 45.0. The lowest BCUT2D eigenvalue weighted by Crippen LogP contribution is -2.01. The number of rotatable bonds is 3. The average molecular weight is 331 g/mol. The van der Waals surface area contributed by atoms with E-state index in [2.05, 4.69) is 15.9 Å². The normalized spacial score (nSPS) is 12.3. The highest BCUT2D eigenvalue weighted by Crippen LogP contribution is 2.38. The van der Waals surface area contributed by atoms with E-state index in [1.165, 1.54) is 31.4 Å². The van der Waals surface area contributed by atoms with Gasteiger partial charge in [0.1, 0.15) is 23.2 Å². The number of alkyl halides is 1. The van der Waals surface area contributed by atoms with E-state index in [0.717, 1.165) is 12.1 Å². The predicted octanol–water partition coefficient (Wildman–Crippen LogP) is 4.60. The molecule has 0 aliphatic carbocycles. The fourth-order valence-electron chi connectivity index (χ4n) is 1.78. The summed E-state index contributed by atoms with van der Waals surface area (Å²) in [4.78, 5) is -0.626. The van der Waals surface area contributed by atoms with Crippen LogP contribution in [-0.4, -0.2) is 7.11 Å². The van der Waals surface area contributed by atoms with Crippen molar-refractivity contribution in [2.45, 2.75) is 4.83 Å². The molecular formula is C14H10BrF3O. The maximum Gasteiger partial charge on any atom is 0.130 e. The molecule has 0 saturated carbocycles. The van der Waals surface area contributed by atoms with Gasteiger partial charge >= 0.3 is 0 Å². The zero-order valence-corrected chi connectivity index (χ0v) is 11.5. The summed E-state index contributed by atoms with van der Waals surface area (Å²) in [5, 5.41) is 0. The van der Waals surface area contributed by atoms with Crippen LogP contribution in [0.1, 0.15) is 16.0 Å². The number of ether oxygens (including phenoxy) is 1. The maximum atomic E-state index is 13.7. The van der Waals surface area contributed by atoms with Crippen LogP contribution in [-0.2, 0) is 0 Å². The van der Waals surface area contributed by atoms with Gasteiger partial charge in [0.15, 0.2) is 0 Å². The summed E-state index contributed by atoms with van der Waals surface area (Å²) in [7, 11) is 1.44. The molecule has 1 nitrogen and oxygen atoms in total. The van der Waals surface area contributed by atoms with Crippen LogP contribution in [0.2, 0.25) is 0 Å². The molecule has 0 heterocycles. The van der Waals surface area contributed by atoms with Crippen LogP contribution >= 0.6 is 15.9 Å². The molecular weight excluding hydrogens is 321 g/mol. The molecule has 0 aliphatic heterocycles. The van der Waals surface area contributed by atoms with Crippen molar-refractivity contribution in [3.63, 3.8) is 0 Å². The van der Waals surface area contributed by atoms with Crippen LogP contribution in [0.15, 0.2) is 36.4 Å². The zero-order chi connectivity index (χ0) is 14.0. The molecule has 19 heavy (non-hydrogen) atoms. The second-order valence-corrected chi connectivity index (χ2v) is 4.83. The monoisotopic (exact) mass is 330 g/mol. The van der Waals surface area contributed by atoms with Crippen LogP contribution in [0.4, 0.5) is 13.2 Å². The van der Waals surface area contributed by atoms with Gasteiger partial charge in [-0.25, -0.2) is 13.2 Å². The molecule has 0 aromatic heterocycles. The van der Waals surface area contributed by atoms with E-state index in [0.29, 0.717) is 11.3 Å². The number of benzene rings is 2. The van der Waals surface area contributed by atoms with Gasteiger partial charge in [0.25, 0.3) is 0 Å². The lowest BCUT2D eigenvalue weighted by molar-refractivity contribution is 0.409. The van der Waals surface area contributed by atoms with Gasteiger partial charge in [-0.15, -0.1) is 0 Å². The van der Waals surface area contributed by atoms with E-state index in [4.69, 9.17) is 4.74 Å². The SMILES string of the molecule is COc1ccc(F)cc1C(Br)c1ccc(F)cc1F. The van der Waals surface area contributed by atoms with Crippen LogP contribution in [0.25, 0.3) is 0 Å². The third kappa shape index (κ3) is 2.92. The summed E-state index contributed by atoms with van der Waals surface area (Å²) in [6.07, 6.45) is 0. The Hall–Kier alpha value is -1.49. The van der Waals surface area contributed by atoms with Crippen molar-refractivity contribution in [1.29, 1.82) is 0 Å². The van der Waals surface area contributed by atoms with E-state index >= 15 is 0 Å². The molecule has 2 aromatic rings. The Balaban J connectivity index is 2.49. The molecule has 1 unspecified atom stereocenters. The van der Waals surface area contributed by atoms with Gasteiger partial charge in [-0.1, -0.05) is 22.0 Å². The highest BCUT2D eigenvalue weighted by Gasteiger charge is 2.19. The second-order valence-electron chi connectivity index (χ2n) is 3.91. The fourth-order valence-corrected chi connectivity index (χ4v) is 2.51. The lowest BCUT2D eigenvalue weighted by Gasteiger charge is -2.15. The first-order chi connectivity index (χ1) is 9.02. The molecule has 2 aromatic carbocycles. The Kier molecular flexibility index (Phi) is 4.14. The van der Waals surface area contributed by atoms with Gasteiger partial charge in [-0.3, -0.25) is 0 Å². The molecule has 0 radical (unpaired) electrons. The Morgan fingerprint density at radius 3 is 2.21 bits per heavy atom. The van der Waals surface area contributed by atoms with Crippen molar-refractivity contribution in [3.8, 4) is 5.75 Å². The van der Waals surface area contributed by atoms with E-state index < -0.39 is 22.3 Å². The average Bonchev–Trinajstić information content (AvgIpc) is 2.38. The molecule has 0 amide bonds. The third-order valence-corrected chi connectivity index (χ3v) is 3.69. The Labute approximate surface area is 117 Å². The predicted molar refractivity (Wildman–Crippen MR) is 70.1 cm³/mol. The molecule has 100 valence electrons. The number of halogens is 4. The van der Waals surface area contributed by atoms with Crippen molar-refractivity contribution in [2.24, 2.45) is 0 Å². The van der Waals surface area contributed by atoms with Crippen molar-refractivity contribution in [1.82, 2.24) is 0 Å². The zero-order valence-electron chi connectivity index (χ0n) is 9.96. The van der Waals surface area contributed by atoms with Gasteiger partial charge in [-0.05, 0) is 24.3 Å². The smallest absolute Gasteiger partial charge is 0.130 e. The molecule has 1 atom stereocenters. The van der Waals surface area contributed by atoms with Gasteiger partial charge in [-0.2, -0.15) is 0 Å². The van der Waals surface area contributed by atoms with Crippen molar-refractivity contribution >= 4 is 15.9 Å². The molecule has 0 N–H and O–H groups in total. The second kappa shape index (κ2) is 5.65. The molecule has 0 aliphatic rings. The van der Waals surface area contributed by atoms with Crippen LogP contribution in [0.3, 0.4) is 0 Å². The molecule has 2 rings (SSSR count). The highest BCUT2D eigenvalue weighted by atomic mass is 79.9. The summed E-state index contributed by atoms with van der Waals surface area (Å²) in [5.74, 6) is -1.39. The van der Waals surface area contributed by atoms with E-state index in [1.807, 2.05) is 0 Å². The summed E-state index contributed by atoms with van der Waals surface area (Å²) in [6, 6.07) is 7.21. The largest absolute Gasteiger partial charge is 0.496 e. The van der Waals surface area contributed by atoms with Gasteiger partial charge in [0.05, 0.1) is 11.9 Å². The van der Waals surface area contributed by atoms with Crippen LogP contribution < -0.4 is 4.74 Å². The molecule has 0 spiro atoms. The van der Waals surface area contributed by atoms with Gasteiger partial charge in [0.2, 0.25) is 0 Å². The highest BCUT2D eigenvalue weighted by molar-refractivity contribution is 9.09. The van der Waals surface area contributed by atoms with Crippen LogP contribution in [0.5, 0.6) is 5.75 Å². The number of hydrogen-bond acceptors (Lipinski definition) is 1. The Morgan fingerprint density at radius 2 is 1.58 bits per heavy atom. The standard InChI is InChI=1S/C14H10BrF3O/c1-19-13-5-3-8(16)6-11(13)14(15)10-4-2-9(17)7-12(10)18/h2-7,14H,1H3. The minimum atomic E-state index is -0.701. The molecule has 0 saturated heterocycles. The minimum Gasteiger partial charge on any atom is -0.496 e. The van der Waals surface area contributed by atoms with Gasteiger partial charge in [0, 0.05) is 17.2 Å². The summed E-state index contributed by atoms with van der Waals surface area (Å²) in [6.45, 7) is 0. The number of methoxy groups -OCH3 is 1. The first-order valence-electron chi connectivity index (χ1n) is 5.45. The van der Waals surface area contributed by atoms with E-state index in [-0.39, 0.29) is 5.56 Å². The van der Waals surface area contributed by atoms with E-state index in [9.17, 15) is 13.2 Å².